The smallest absolute Gasteiger partial charge is 0.0679 e. The minimum absolute atomic E-state index is 0.127. The van der Waals surface area contributed by atoms with Crippen molar-refractivity contribution in [3.63, 3.8) is 0 Å². The highest BCUT2D eigenvalue weighted by molar-refractivity contribution is 4.78. The first-order chi connectivity index (χ1) is 4.31. The number of hydrogen-bond donors (Lipinski definition) is 1. The van der Waals surface area contributed by atoms with Gasteiger partial charge in [-0.25, -0.2) is 0 Å². The standard InChI is InChI=1S/C6H8N2O/c7-4-1-2-6(9)3-5-8/h6,9H,1-3H2. The fourth-order valence-electron chi connectivity index (χ4n) is 0.439. The van der Waals surface area contributed by atoms with Gasteiger partial charge in [0.25, 0.3) is 0 Å². The average Bonchev–Trinajstić information content (AvgIpc) is 1.85. The van der Waals surface area contributed by atoms with Gasteiger partial charge >= 0.3 is 0 Å². The molecule has 3 heteroatoms. The second-order valence-corrected chi connectivity index (χ2v) is 1.71. The molecular weight excluding hydrogens is 116 g/mol. The van der Waals surface area contributed by atoms with Gasteiger partial charge in [-0.3, -0.25) is 0 Å². The largest absolute Gasteiger partial charge is 0.392 e. The molecule has 0 spiro atoms. The zero-order chi connectivity index (χ0) is 7.11. The van der Waals surface area contributed by atoms with Crippen LogP contribution < -0.4 is 0 Å². The van der Waals surface area contributed by atoms with Crippen molar-refractivity contribution in [3.8, 4) is 12.1 Å². The Kier molecular flexibility index (Phi) is 4.49. The van der Waals surface area contributed by atoms with E-state index in [1.165, 1.54) is 0 Å². The summed E-state index contributed by atoms with van der Waals surface area (Å²) in [6.45, 7) is 0. The van der Waals surface area contributed by atoms with Crippen molar-refractivity contribution in [1.29, 1.82) is 10.5 Å². The third-order valence-corrected chi connectivity index (χ3v) is 0.916. The molecule has 0 aliphatic carbocycles. The van der Waals surface area contributed by atoms with Gasteiger partial charge in [0.2, 0.25) is 0 Å². The molecule has 1 N–H and O–H groups in total. The van der Waals surface area contributed by atoms with Crippen molar-refractivity contribution in [1.82, 2.24) is 0 Å². The summed E-state index contributed by atoms with van der Waals surface area (Å²) in [5, 5.41) is 24.9. The third kappa shape index (κ3) is 4.80. The van der Waals surface area contributed by atoms with Crippen molar-refractivity contribution < 1.29 is 5.11 Å². The minimum atomic E-state index is -0.616. The molecule has 48 valence electrons. The van der Waals surface area contributed by atoms with E-state index in [2.05, 4.69) is 0 Å². The summed E-state index contributed by atoms with van der Waals surface area (Å²) in [6.07, 6.45) is 0.240. The van der Waals surface area contributed by atoms with Gasteiger partial charge in [0.05, 0.1) is 24.7 Å². The Labute approximate surface area is 54.1 Å². The normalized spacial score (nSPS) is 11.4. The van der Waals surface area contributed by atoms with Crippen LogP contribution in [0, 0.1) is 22.7 Å². The lowest BCUT2D eigenvalue weighted by Crippen LogP contribution is -2.03. The summed E-state index contributed by atoms with van der Waals surface area (Å²) in [5.74, 6) is 0. The number of aliphatic hydroxyl groups is 1. The van der Waals surface area contributed by atoms with Crippen LogP contribution in [0.2, 0.25) is 0 Å². The number of rotatable bonds is 3. The van der Waals surface area contributed by atoms with Crippen LogP contribution in [0.5, 0.6) is 0 Å². The van der Waals surface area contributed by atoms with Gasteiger partial charge in [0, 0.05) is 6.42 Å². The first-order valence-corrected chi connectivity index (χ1v) is 2.73. The van der Waals surface area contributed by atoms with E-state index in [9.17, 15) is 0 Å². The maximum absolute atomic E-state index is 8.81. The molecule has 0 aliphatic rings. The Morgan fingerprint density at radius 3 is 2.44 bits per heavy atom. The number of aliphatic hydroxyl groups excluding tert-OH is 1. The maximum Gasteiger partial charge on any atom is 0.0679 e. The fraction of sp³-hybridized carbons (Fsp3) is 0.667. The molecule has 0 fully saturated rings. The lowest BCUT2D eigenvalue weighted by Gasteiger charge is -1.99. The highest BCUT2D eigenvalue weighted by Gasteiger charge is 2.00. The Morgan fingerprint density at radius 2 is 2.00 bits per heavy atom. The van der Waals surface area contributed by atoms with E-state index >= 15 is 0 Å². The molecule has 1 unspecified atom stereocenters. The van der Waals surface area contributed by atoms with Crippen molar-refractivity contribution in [2.45, 2.75) is 25.4 Å². The molecule has 0 saturated heterocycles. The van der Waals surface area contributed by atoms with E-state index in [0.29, 0.717) is 12.8 Å². The number of nitrogens with zero attached hydrogens (tertiary/aromatic N) is 2. The third-order valence-electron chi connectivity index (χ3n) is 0.916. The van der Waals surface area contributed by atoms with E-state index < -0.39 is 6.10 Å². The fourth-order valence-corrected chi connectivity index (χ4v) is 0.439. The van der Waals surface area contributed by atoms with Crippen molar-refractivity contribution >= 4 is 0 Å². The minimum Gasteiger partial charge on any atom is -0.392 e. The van der Waals surface area contributed by atoms with Crippen LogP contribution in [0.25, 0.3) is 0 Å². The molecule has 0 heterocycles. The molecule has 0 aromatic rings. The molecular formula is C6H8N2O. The van der Waals surface area contributed by atoms with Crippen LogP contribution >= 0.6 is 0 Å². The summed E-state index contributed by atoms with van der Waals surface area (Å²) < 4.78 is 0. The zero-order valence-corrected chi connectivity index (χ0v) is 5.04. The van der Waals surface area contributed by atoms with Crippen LogP contribution in [0.3, 0.4) is 0 Å². The second kappa shape index (κ2) is 5.08. The lowest BCUT2D eigenvalue weighted by atomic mass is 10.2. The van der Waals surface area contributed by atoms with Crippen LogP contribution in [0.1, 0.15) is 19.3 Å². The van der Waals surface area contributed by atoms with Crippen LogP contribution in [0.4, 0.5) is 0 Å². The average molecular weight is 124 g/mol. The highest BCUT2D eigenvalue weighted by atomic mass is 16.3. The van der Waals surface area contributed by atoms with Crippen molar-refractivity contribution in [2.24, 2.45) is 0 Å². The molecule has 0 saturated carbocycles. The molecule has 1 atom stereocenters. The van der Waals surface area contributed by atoms with E-state index in [-0.39, 0.29) is 6.42 Å². The van der Waals surface area contributed by atoms with Gasteiger partial charge in [-0.15, -0.1) is 0 Å². The van der Waals surface area contributed by atoms with Gasteiger partial charge in [-0.05, 0) is 6.42 Å². The lowest BCUT2D eigenvalue weighted by molar-refractivity contribution is 0.171. The zero-order valence-electron chi connectivity index (χ0n) is 5.04. The molecule has 0 aliphatic heterocycles. The quantitative estimate of drug-likeness (QED) is 0.597. The predicted molar refractivity (Wildman–Crippen MR) is 31.1 cm³/mol. The highest BCUT2D eigenvalue weighted by Crippen LogP contribution is 1.98. The first-order valence-electron chi connectivity index (χ1n) is 2.73. The summed E-state index contributed by atoms with van der Waals surface area (Å²) in [5.41, 5.74) is 0. The molecule has 0 aromatic carbocycles. The predicted octanol–water partition coefficient (Wildman–Crippen LogP) is 0.565. The Bertz CT molecular complexity index is 142. The SMILES string of the molecule is N#CCCC(O)CC#N. The van der Waals surface area contributed by atoms with Crippen LogP contribution in [-0.2, 0) is 0 Å². The molecule has 0 rings (SSSR count). The number of nitriles is 2. The topological polar surface area (TPSA) is 67.8 Å². The van der Waals surface area contributed by atoms with E-state index in [4.69, 9.17) is 15.6 Å². The number of hydrogen-bond acceptors (Lipinski definition) is 3. The monoisotopic (exact) mass is 124 g/mol. The molecule has 0 bridgehead atoms. The molecule has 9 heavy (non-hydrogen) atoms. The van der Waals surface area contributed by atoms with Gasteiger partial charge in [-0.1, -0.05) is 0 Å². The first kappa shape index (κ1) is 7.94. The van der Waals surface area contributed by atoms with Gasteiger partial charge in [-0.2, -0.15) is 10.5 Å². The molecule has 3 nitrogen and oxygen atoms in total. The summed E-state index contributed by atoms with van der Waals surface area (Å²) in [4.78, 5) is 0. The Morgan fingerprint density at radius 1 is 1.33 bits per heavy atom. The van der Waals surface area contributed by atoms with Crippen LogP contribution in [-0.4, -0.2) is 11.2 Å². The van der Waals surface area contributed by atoms with E-state index in [1.807, 2.05) is 12.1 Å². The second-order valence-electron chi connectivity index (χ2n) is 1.71. The summed E-state index contributed by atoms with van der Waals surface area (Å²) in [6, 6.07) is 3.70. The Hall–Kier alpha value is -1.06. The van der Waals surface area contributed by atoms with Gasteiger partial charge < -0.3 is 5.11 Å². The summed E-state index contributed by atoms with van der Waals surface area (Å²) in [7, 11) is 0. The maximum atomic E-state index is 8.81. The van der Waals surface area contributed by atoms with E-state index in [0.717, 1.165) is 0 Å². The van der Waals surface area contributed by atoms with Gasteiger partial charge in [0.15, 0.2) is 0 Å². The molecule has 0 radical (unpaired) electrons. The molecule has 0 aromatic heterocycles. The van der Waals surface area contributed by atoms with Crippen LogP contribution in [0.15, 0.2) is 0 Å². The van der Waals surface area contributed by atoms with E-state index in [1.54, 1.807) is 0 Å². The summed E-state index contributed by atoms with van der Waals surface area (Å²) >= 11 is 0. The van der Waals surface area contributed by atoms with Gasteiger partial charge in [0.1, 0.15) is 0 Å². The molecule has 0 amide bonds. The van der Waals surface area contributed by atoms with Crippen molar-refractivity contribution in [2.75, 3.05) is 0 Å². The Balaban J connectivity index is 3.21. The van der Waals surface area contributed by atoms with Crippen molar-refractivity contribution in [3.05, 3.63) is 0 Å².